The number of fused-ring (bicyclic) bond motifs is 1. The summed E-state index contributed by atoms with van der Waals surface area (Å²) >= 11 is 0. The lowest BCUT2D eigenvalue weighted by Gasteiger charge is -2.25. The number of para-hydroxylation sites is 1. The number of Topliss-reactive ketones (excluding diaryl/α,β-unsaturated/α-hetero) is 1. The molecule has 7 heteroatoms. The molecule has 2 amide bonds. The first kappa shape index (κ1) is 19.8. The van der Waals surface area contributed by atoms with Gasteiger partial charge in [-0.3, -0.25) is 19.9 Å². The highest BCUT2D eigenvalue weighted by Crippen LogP contribution is 2.46. The largest absolute Gasteiger partial charge is 0.445 e. The molecule has 2 aliphatic rings. The van der Waals surface area contributed by atoms with E-state index in [4.69, 9.17) is 4.74 Å². The van der Waals surface area contributed by atoms with Gasteiger partial charge in [0, 0.05) is 17.2 Å². The number of benzodiazepines with no additional fused rings is 1. The third-order valence-electron chi connectivity index (χ3n) is 5.53. The number of hydrogen-bond acceptors (Lipinski definition) is 5. The minimum Gasteiger partial charge on any atom is -0.445 e. The normalized spacial score (nSPS) is 18.9. The maximum atomic E-state index is 13.2. The maximum absolute atomic E-state index is 13.2. The van der Waals surface area contributed by atoms with E-state index in [2.05, 4.69) is 10.3 Å². The van der Waals surface area contributed by atoms with Gasteiger partial charge >= 0.3 is 6.09 Å². The molecule has 1 atom stereocenters. The molecule has 1 heterocycles. The molecule has 1 N–H and O–H groups in total. The van der Waals surface area contributed by atoms with Crippen LogP contribution in [0, 0.1) is 5.41 Å². The van der Waals surface area contributed by atoms with Gasteiger partial charge in [0.1, 0.15) is 6.61 Å². The zero-order chi connectivity index (χ0) is 21.1. The van der Waals surface area contributed by atoms with Crippen molar-refractivity contribution < 1.29 is 19.1 Å². The number of nitrogens with zero attached hydrogens (tertiary/aromatic N) is 2. The number of alkyl carbamates (subject to hydrolysis) is 1. The fourth-order valence-electron chi connectivity index (χ4n) is 3.27. The molecule has 0 bridgehead atoms. The van der Waals surface area contributed by atoms with E-state index in [-0.39, 0.29) is 24.3 Å². The summed E-state index contributed by atoms with van der Waals surface area (Å²) < 4.78 is 5.22. The van der Waals surface area contributed by atoms with Crippen LogP contribution in [0.5, 0.6) is 0 Å². The van der Waals surface area contributed by atoms with E-state index in [1.165, 1.54) is 4.90 Å². The van der Waals surface area contributed by atoms with Crippen LogP contribution in [0.1, 0.15) is 30.9 Å². The summed E-state index contributed by atoms with van der Waals surface area (Å²) in [7, 11) is 0. The van der Waals surface area contributed by atoms with Gasteiger partial charge in [0.05, 0.1) is 12.2 Å². The van der Waals surface area contributed by atoms with Crippen molar-refractivity contribution >= 4 is 29.7 Å². The van der Waals surface area contributed by atoms with Crippen LogP contribution in [-0.4, -0.2) is 36.7 Å². The second kappa shape index (κ2) is 8.10. The zero-order valence-corrected chi connectivity index (χ0v) is 16.7. The third-order valence-corrected chi connectivity index (χ3v) is 5.53. The molecule has 1 aliphatic carbocycles. The number of nitrogens with one attached hydrogen (secondary N) is 1. The molecule has 4 rings (SSSR count). The van der Waals surface area contributed by atoms with Crippen molar-refractivity contribution in [1.82, 2.24) is 5.32 Å². The molecular weight excluding hydrogens is 382 g/mol. The highest BCUT2D eigenvalue weighted by atomic mass is 16.5. The van der Waals surface area contributed by atoms with E-state index in [0.29, 0.717) is 11.3 Å². The summed E-state index contributed by atoms with van der Waals surface area (Å²) in [5.74, 6) is -0.455. The average molecular weight is 405 g/mol. The molecule has 7 nitrogen and oxygen atoms in total. The van der Waals surface area contributed by atoms with Crippen LogP contribution in [-0.2, 0) is 20.9 Å². The number of ketones is 1. The van der Waals surface area contributed by atoms with Gasteiger partial charge in [-0.2, -0.15) is 0 Å². The molecule has 0 aromatic heterocycles. The Hall–Kier alpha value is -3.48. The van der Waals surface area contributed by atoms with Gasteiger partial charge in [-0.05, 0) is 24.5 Å². The predicted molar refractivity (Wildman–Crippen MR) is 112 cm³/mol. The molecule has 2 aromatic rings. The monoisotopic (exact) mass is 405 g/mol. The summed E-state index contributed by atoms with van der Waals surface area (Å²) in [6, 6.07) is 16.5. The lowest BCUT2D eigenvalue weighted by Crippen LogP contribution is -2.49. The van der Waals surface area contributed by atoms with Crippen LogP contribution in [0.2, 0.25) is 0 Å². The highest BCUT2D eigenvalue weighted by molar-refractivity contribution is 6.09. The second-order valence-electron chi connectivity index (χ2n) is 7.85. The van der Waals surface area contributed by atoms with Crippen molar-refractivity contribution in [3.8, 4) is 0 Å². The van der Waals surface area contributed by atoms with E-state index >= 15 is 0 Å². The summed E-state index contributed by atoms with van der Waals surface area (Å²) in [6.07, 6.45) is 1.29. The minimum atomic E-state index is -1.17. The van der Waals surface area contributed by atoms with Crippen molar-refractivity contribution in [1.29, 1.82) is 0 Å². The van der Waals surface area contributed by atoms with E-state index in [0.717, 1.165) is 18.4 Å². The smallest absolute Gasteiger partial charge is 0.409 e. The first-order valence-electron chi connectivity index (χ1n) is 9.90. The average Bonchev–Trinajstić information content (AvgIpc) is 3.53. The van der Waals surface area contributed by atoms with Crippen molar-refractivity contribution in [2.45, 2.75) is 32.5 Å². The topological polar surface area (TPSA) is 88.1 Å². The van der Waals surface area contributed by atoms with E-state index in [1.807, 2.05) is 49.4 Å². The van der Waals surface area contributed by atoms with Crippen molar-refractivity contribution in [3.05, 3.63) is 65.7 Å². The molecular formula is C23H23N3O4. The van der Waals surface area contributed by atoms with Gasteiger partial charge in [-0.1, -0.05) is 55.5 Å². The maximum Gasteiger partial charge on any atom is 0.409 e. The second-order valence-corrected chi connectivity index (χ2v) is 7.85. The molecule has 1 saturated carbocycles. The molecule has 2 aromatic carbocycles. The molecule has 0 radical (unpaired) electrons. The summed E-state index contributed by atoms with van der Waals surface area (Å²) in [5, 5.41) is 2.51. The lowest BCUT2D eigenvalue weighted by atomic mass is 10.0. The van der Waals surface area contributed by atoms with Gasteiger partial charge in [-0.15, -0.1) is 0 Å². The Labute approximate surface area is 174 Å². The van der Waals surface area contributed by atoms with E-state index in [1.54, 1.807) is 18.3 Å². The Balaban J connectivity index is 1.49. The van der Waals surface area contributed by atoms with E-state index in [9.17, 15) is 14.4 Å². The van der Waals surface area contributed by atoms with Gasteiger partial charge in [0.15, 0.2) is 5.78 Å². The van der Waals surface area contributed by atoms with Crippen molar-refractivity contribution in [2.75, 3.05) is 11.4 Å². The number of carbonyl (C=O) groups excluding carboxylic acids is 3. The molecule has 154 valence electrons. The number of ether oxygens (including phenoxy) is 1. The first-order valence-corrected chi connectivity index (χ1v) is 9.90. The summed E-state index contributed by atoms with van der Waals surface area (Å²) in [4.78, 5) is 43.8. The van der Waals surface area contributed by atoms with Gasteiger partial charge in [0.25, 0.3) is 5.91 Å². The van der Waals surface area contributed by atoms with Crippen LogP contribution in [0.4, 0.5) is 10.5 Å². The fourth-order valence-corrected chi connectivity index (χ4v) is 3.27. The SMILES string of the molecule is CC1(C(=O)CN2C(=O)C(NC(=O)OCc3ccccc3)N=Cc3ccccc32)CC1. The molecule has 1 unspecified atom stereocenters. The number of anilines is 1. The Morgan fingerprint density at radius 3 is 2.57 bits per heavy atom. The highest BCUT2D eigenvalue weighted by Gasteiger charge is 2.46. The van der Waals surface area contributed by atoms with Gasteiger partial charge in [-0.25, -0.2) is 4.79 Å². The molecule has 1 aliphatic heterocycles. The minimum absolute atomic E-state index is 0.0120. The summed E-state index contributed by atoms with van der Waals surface area (Å²) in [5.41, 5.74) is 1.79. The Kier molecular flexibility index (Phi) is 5.35. The van der Waals surface area contributed by atoms with E-state index < -0.39 is 18.2 Å². The third kappa shape index (κ3) is 4.25. The van der Waals surface area contributed by atoms with Crippen molar-refractivity contribution in [3.63, 3.8) is 0 Å². The quantitative estimate of drug-likeness (QED) is 0.800. The number of aliphatic imine (C=N–C) groups is 1. The molecule has 0 spiro atoms. The predicted octanol–water partition coefficient (Wildman–Crippen LogP) is 3.07. The molecule has 30 heavy (non-hydrogen) atoms. The van der Waals surface area contributed by atoms with Crippen LogP contribution in [0.15, 0.2) is 59.6 Å². The number of amides is 2. The van der Waals surface area contributed by atoms with Gasteiger partial charge < -0.3 is 9.64 Å². The summed E-state index contributed by atoms with van der Waals surface area (Å²) in [6.45, 7) is 1.95. The number of carbonyl (C=O) groups is 3. The van der Waals surface area contributed by atoms with Crippen LogP contribution < -0.4 is 10.2 Å². The van der Waals surface area contributed by atoms with Crippen LogP contribution in [0.25, 0.3) is 0 Å². The lowest BCUT2D eigenvalue weighted by molar-refractivity contribution is -0.126. The first-order chi connectivity index (χ1) is 14.5. The zero-order valence-electron chi connectivity index (χ0n) is 16.7. The Bertz CT molecular complexity index is 999. The standard InChI is InChI=1S/C23H23N3O4/c1-23(11-12-23)19(27)14-26-18-10-6-5-9-17(18)13-24-20(21(26)28)25-22(29)30-15-16-7-3-2-4-8-16/h2-10,13,20H,11-12,14-15H2,1H3,(H,25,29). The fraction of sp³-hybridized carbons (Fsp3) is 0.304. The molecule has 0 saturated heterocycles. The Morgan fingerprint density at radius 1 is 1.13 bits per heavy atom. The number of hydrogen-bond donors (Lipinski definition) is 1. The Morgan fingerprint density at radius 2 is 1.83 bits per heavy atom. The molecule has 1 fully saturated rings. The van der Waals surface area contributed by atoms with Gasteiger partial charge in [0.2, 0.25) is 6.17 Å². The van der Waals surface area contributed by atoms with Crippen molar-refractivity contribution in [2.24, 2.45) is 10.4 Å². The number of benzene rings is 2. The number of rotatable bonds is 6. The van der Waals surface area contributed by atoms with Crippen LogP contribution >= 0.6 is 0 Å². The van der Waals surface area contributed by atoms with Crippen LogP contribution in [0.3, 0.4) is 0 Å².